The summed E-state index contributed by atoms with van der Waals surface area (Å²) in [5, 5.41) is 1.76. The first kappa shape index (κ1) is 14.4. The van der Waals surface area contributed by atoms with Gasteiger partial charge >= 0.3 is 0 Å². The van der Waals surface area contributed by atoms with Gasteiger partial charge < -0.3 is 5.43 Å². The number of nitrogen functional groups attached to an aromatic ring is 1. The zero-order chi connectivity index (χ0) is 15.0. The molecular weight excluding hydrogens is 332 g/mol. The van der Waals surface area contributed by atoms with E-state index in [1.807, 2.05) is 6.92 Å². The third-order valence-corrected chi connectivity index (χ3v) is 5.99. The smallest absolute Gasteiger partial charge is 0.260 e. The highest BCUT2D eigenvalue weighted by Crippen LogP contribution is 2.25. The van der Waals surface area contributed by atoms with Gasteiger partial charge in [-0.15, -0.1) is 22.7 Å². The maximum Gasteiger partial charge on any atom is 0.260 e. The van der Waals surface area contributed by atoms with Crippen molar-refractivity contribution in [2.24, 2.45) is 5.84 Å². The van der Waals surface area contributed by atoms with Crippen LogP contribution in [0.4, 0.5) is 5.82 Å². The molecule has 0 atom stereocenters. The number of hydrogen-bond acceptors (Lipinski definition) is 8. The molecule has 3 rings (SSSR count). The van der Waals surface area contributed by atoms with Crippen LogP contribution in [0.2, 0.25) is 0 Å². The van der Waals surface area contributed by atoms with Gasteiger partial charge in [0.05, 0.1) is 11.2 Å². The van der Waals surface area contributed by atoms with E-state index >= 15 is 0 Å². The molecule has 0 aliphatic heterocycles. The van der Waals surface area contributed by atoms with Crippen LogP contribution >= 0.6 is 22.7 Å². The molecule has 0 aliphatic carbocycles. The van der Waals surface area contributed by atoms with E-state index in [0.29, 0.717) is 4.96 Å². The molecule has 21 heavy (non-hydrogen) atoms. The second-order valence-corrected chi connectivity index (χ2v) is 7.65. The Morgan fingerprint density at radius 2 is 2.24 bits per heavy atom. The van der Waals surface area contributed by atoms with Gasteiger partial charge in [-0.25, -0.2) is 24.0 Å². The number of nitrogens with one attached hydrogen (secondary N) is 2. The molecule has 0 unspecified atom stereocenters. The minimum absolute atomic E-state index is 0.00317. The average molecular weight is 344 g/mol. The molecule has 3 heterocycles. The van der Waals surface area contributed by atoms with Crippen LogP contribution < -0.4 is 16.0 Å². The highest BCUT2D eigenvalue weighted by atomic mass is 32.2. The number of aromatic nitrogens is 3. The molecule has 0 spiro atoms. The van der Waals surface area contributed by atoms with E-state index in [2.05, 4.69) is 20.1 Å². The van der Waals surface area contributed by atoms with Gasteiger partial charge in [-0.2, -0.15) is 4.98 Å². The van der Waals surface area contributed by atoms with Gasteiger partial charge in [-0.3, -0.25) is 4.40 Å². The molecule has 0 aliphatic rings. The Hall–Kier alpha value is -1.53. The van der Waals surface area contributed by atoms with Crippen LogP contribution in [0.25, 0.3) is 4.96 Å². The van der Waals surface area contributed by atoms with Crippen molar-refractivity contribution in [3.63, 3.8) is 0 Å². The number of nitrogens with two attached hydrogens (primary N) is 1. The standard InChI is InChI=1S/C10H12N6O2S3/c1-6-7(20-5-12-6)4-13-21(17,18)9-8(15-11)14-10-16(9)2-3-19-10/h2-3,5,13,15H,4,11H2,1H3. The van der Waals surface area contributed by atoms with E-state index in [9.17, 15) is 8.42 Å². The second-order valence-electron chi connectivity index (χ2n) is 4.15. The molecule has 112 valence electrons. The van der Waals surface area contributed by atoms with Crippen molar-refractivity contribution in [2.45, 2.75) is 18.5 Å². The second kappa shape index (κ2) is 5.35. The maximum atomic E-state index is 12.5. The third kappa shape index (κ3) is 2.53. The number of rotatable bonds is 5. The Bertz CT molecular complexity index is 878. The number of fused-ring (bicyclic) bond motifs is 1. The summed E-state index contributed by atoms with van der Waals surface area (Å²) < 4.78 is 29.1. The topological polar surface area (TPSA) is 114 Å². The van der Waals surface area contributed by atoms with Crippen molar-refractivity contribution < 1.29 is 8.42 Å². The zero-order valence-electron chi connectivity index (χ0n) is 10.9. The summed E-state index contributed by atoms with van der Waals surface area (Å²) in [6.45, 7) is 2.02. The predicted octanol–water partition coefficient (Wildman–Crippen LogP) is 0.925. The molecule has 0 radical (unpaired) electrons. The van der Waals surface area contributed by atoms with Crippen LogP contribution in [0.3, 0.4) is 0 Å². The monoisotopic (exact) mass is 344 g/mol. The lowest BCUT2D eigenvalue weighted by atomic mass is 10.4. The fourth-order valence-corrected chi connectivity index (χ4v) is 4.66. The molecule has 11 heteroatoms. The van der Waals surface area contributed by atoms with Gasteiger partial charge in [0.1, 0.15) is 0 Å². The number of imidazole rings is 1. The van der Waals surface area contributed by atoms with Gasteiger partial charge in [0.25, 0.3) is 10.0 Å². The molecule has 4 N–H and O–H groups in total. The molecule has 3 aromatic rings. The van der Waals surface area contributed by atoms with Crippen LogP contribution in [-0.4, -0.2) is 22.8 Å². The van der Waals surface area contributed by atoms with E-state index in [-0.39, 0.29) is 17.4 Å². The minimum atomic E-state index is -3.76. The number of thiazole rings is 2. The highest BCUT2D eigenvalue weighted by molar-refractivity contribution is 7.89. The van der Waals surface area contributed by atoms with Crippen molar-refractivity contribution in [3.8, 4) is 0 Å². The van der Waals surface area contributed by atoms with Crippen LogP contribution in [0, 0.1) is 6.92 Å². The molecule has 3 aromatic heterocycles. The van der Waals surface area contributed by atoms with E-state index < -0.39 is 10.0 Å². The van der Waals surface area contributed by atoms with E-state index in [1.165, 1.54) is 27.1 Å². The Balaban J connectivity index is 1.96. The first-order chi connectivity index (χ1) is 10.0. The average Bonchev–Trinajstić information content (AvgIpc) is 3.10. The van der Waals surface area contributed by atoms with Crippen LogP contribution in [0.5, 0.6) is 0 Å². The number of aryl methyl sites for hydroxylation is 1. The maximum absolute atomic E-state index is 12.5. The Kier molecular flexibility index (Phi) is 3.67. The van der Waals surface area contributed by atoms with Crippen LogP contribution in [0.1, 0.15) is 10.6 Å². The van der Waals surface area contributed by atoms with Crippen molar-refractivity contribution in [1.29, 1.82) is 0 Å². The van der Waals surface area contributed by atoms with E-state index in [4.69, 9.17) is 5.84 Å². The van der Waals surface area contributed by atoms with Gasteiger partial charge in [-0.05, 0) is 6.92 Å². The Labute approximate surface area is 128 Å². The zero-order valence-corrected chi connectivity index (χ0v) is 13.3. The summed E-state index contributed by atoms with van der Waals surface area (Å²) in [5.74, 6) is 5.48. The molecule has 0 amide bonds. The summed E-state index contributed by atoms with van der Waals surface area (Å²) in [6.07, 6.45) is 1.64. The summed E-state index contributed by atoms with van der Waals surface area (Å²) in [6, 6.07) is 0. The normalized spacial score (nSPS) is 12.1. The fourth-order valence-electron chi connectivity index (χ4n) is 1.84. The largest absolute Gasteiger partial charge is 0.306 e. The number of hydrogen-bond donors (Lipinski definition) is 3. The fraction of sp³-hybridized carbons (Fsp3) is 0.200. The lowest BCUT2D eigenvalue weighted by Gasteiger charge is -2.07. The van der Waals surface area contributed by atoms with Crippen LogP contribution in [-0.2, 0) is 16.6 Å². The first-order valence-electron chi connectivity index (χ1n) is 5.83. The molecule has 0 bridgehead atoms. The molecule has 8 nitrogen and oxygen atoms in total. The van der Waals surface area contributed by atoms with Gasteiger partial charge in [0, 0.05) is 23.0 Å². The first-order valence-corrected chi connectivity index (χ1v) is 9.08. The molecule has 0 aromatic carbocycles. The molecule has 0 saturated carbocycles. The number of anilines is 1. The molecule has 0 fully saturated rings. The van der Waals surface area contributed by atoms with Crippen molar-refractivity contribution in [2.75, 3.05) is 5.43 Å². The van der Waals surface area contributed by atoms with Gasteiger partial charge in [0.2, 0.25) is 5.03 Å². The lowest BCUT2D eigenvalue weighted by Crippen LogP contribution is -2.26. The highest BCUT2D eigenvalue weighted by Gasteiger charge is 2.25. The predicted molar refractivity (Wildman–Crippen MR) is 81.8 cm³/mol. The molecular formula is C10H12N6O2S3. The summed E-state index contributed by atoms with van der Waals surface area (Å²) >= 11 is 2.73. The quantitative estimate of drug-likeness (QED) is 0.468. The SMILES string of the molecule is Cc1ncsc1CNS(=O)(=O)c1c(NN)nc2sccn12. The van der Waals surface area contributed by atoms with Crippen molar-refractivity contribution in [1.82, 2.24) is 19.1 Å². The van der Waals surface area contributed by atoms with Gasteiger partial charge in [0.15, 0.2) is 10.8 Å². The summed E-state index contributed by atoms with van der Waals surface area (Å²) in [7, 11) is -3.76. The summed E-state index contributed by atoms with van der Waals surface area (Å²) in [5.41, 5.74) is 4.82. The van der Waals surface area contributed by atoms with E-state index in [1.54, 1.807) is 17.1 Å². The van der Waals surface area contributed by atoms with Gasteiger partial charge in [-0.1, -0.05) is 0 Å². The lowest BCUT2D eigenvalue weighted by molar-refractivity contribution is 0.577. The number of hydrazine groups is 1. The molecule has 0 saturated heterocycles. The van der Waals surface area contributed by atoms with Crippen molar-refractivity contribution >= 4 is 43.5 Å². The number of nitrogens with zero attached hydrogens (tertiary/aromatic N) is 3. The Morgan fingerprint density at radius 1 is 1.43 bits per heavy atom. The van der Waals surface area contributed by atoms with Crippen LogP contribution in [0.15, 0.2) is 22.1 Å². The number of sulfonamides is 1. The third-order valence-electron chi connectivity index (χ3n) is 2.88. The van der Waals surface area contributed by atoms with Crippen molar-refractivity contribution in [3.05, 3.63) is 27.7 Å². The summed E-state index contributed by atoms with van der Waals surface area (Å²) in [4.78, 5) is 9.65. The minimum Gasteiger partial charge on any atom is -0.306 e. The Morgan fingerprint density at radius 3 is 2.90 bits per heavy atom. The van der Waals surface area contributed by atoms with E-state index in [0.717, 1.165) is 10.6 Å².